The molecule has 5 heteroatoms. The Hall–Kier alpha value is -1.23. The average molecular weight is 157 g/mol. The van der Waals surface area contributed by atoms with Gasteiger partial charge in [0.2, 0.25) is 0 Å². The Morgan fingerprint density at radius 3 is 2.73 bits per heavy atom. The molecule has 0 amide bonds. The Kier molecular flexibility index (Phi) is 2.00. The molecule has 0 spiro atoms. The summed E-state index contributed by atoms with van der Waals surface area (Å²) < 4.78 is 1.28. The van der Waals surface area contributed by atoms with Gasteiger partial charge >= 0.3 is 0 Å². The second-order valence-electron chi connectivity index (χ2n) is 2.33. The molecule has 1 rings (SSSR count). The van der Waals surface area contributed by atoms with Crippen LogP contribution in [-0.2, 0) is 6.54 Å². The molecule has 4 N–H and O–H groups in total. The molecule has 5 nitrogen and oxygen atoms in total. The number of hydrogen-bond donors (Lipinski definition) is 3. The van der Waals surface area contributed by atoms with Gasteiger partial charge in [-0.3, -0.25) is 9.89 Å². The van der Waals surface area contributed by atoms with E-state index in [9.17, 15) is 4.79 Å². The molecule has 62 valence electrons. The fourth-order valence-corrected chi connectivity index (χ4v) is 0.877. The first-order chi connectivity index (χ1) is 5.16. The number of aliphatic hydroxyl groups excluding tert-OH is 1. The molecule has 0 aromatic carbocycles. The summed E-state index contributed by atoms with van der Waals surface area (Å²) in [4.78, 5) is 11.1. The average Bonchev–Trinajstić information content (AvgIpc) is 2.19. The first-order valence-electron chi connectivity index (χ1n) is 3.32. The summed E-state index contributed by atoms with van der Waals surface area (Å²) in [5, 5.41) is 11.3. The molecule has 1 aromatic rings. The minimum atomic E-state index is -0.267. The predicted octanol–water partition coefficient (Wildman–Crippen LogP) is -0.941. The molecular weight excluding hydrogens is 146 g/mol. The third kappa shape index (κ3) is 1.27. The van der Waals surface area contributed by atoms with E-state index in [1.165, 1.54) is 4.68 Å². The summed E-state index contributed by atoms with van der Waals surface area (Å²) in [7, 11) is 0. The fourth-order valence-electron chi connectivity index (χ4n) is 0.877. The normalized spacial score (nSPS) is 10.4. The zero-order chi connectivity index (χ0) is 8.43. The van der Waals surface area contributed by atoms with Gasteiger partial charge in [-0.05, 0) is 6.92 Å². The number of rotatable bonds is 2. The van der Waals surface area contributed by atoms with Crippen LogP contribution in [0.5, 0.6) is 0 Å². The number of aromatic nitrogens is 2. The summed E-state index contributed by atoms with van der Waals surface area (Å²) in [6.45, 7) is 1.90. The van der Waals surface area contributed by atoms with Crippen molar-refractivity contribution in [1.29, 1.82) is 0 Å². The Balaban J connectivity index is 3.09. The second kappa shape index (κ2) is 2.79. The van der Waals surface area contributed by atoms with Gasteiger partial charge in [-0.25, -0.2) is 4.68 Å². The molecule has 0 radical (unpaired) electrons. The number of nitrogens with zero attached hydrogens (tertiary/aromatic N) is 1. The van der Waals surface area contributed by atoms with Crippen molar-refractivity contribution < 1.29 is 5.11 Å². The molecule has 1 aromatic heterocycles. The van der Waals surface area contributed by atoms with Crippen molar-refractivity contribution in [1.82, 2.24) is 9.78 Å². The van der Waals surface area contributed by atoms with Gasteiger partial charge in [-0.1, -0.05) is 0 Å². The molecule has 11 heavy (non-hydrogen) atoms. The van der Waals surface area contributed by atoms with Gasteiger partial charge in [0.15, 0.2) is 0 Å². The number of aliphatic hydroxyl groups is 1. The lowest BCUT2D eigenvalue weighted by Crippen LogP contribution is -2.20. The van der Waals surface area contributed by atoms with Crippen molar-refractivity contribution in [3.05, 3.63) is 16.0 Å². The summed E-state index contributed by atoms with van der Waals surface area (Å²) >= 11 is 0. The van der Waals surface area contributed by atoms with Crippen molar-refractivity contribution in [2.75, 3.05) is 12.3 Å². The molecule has 0 bridgehead atoms. The first kappa shape index (κ1) is 7.87. The van der Waals surface area contributed by atoms with Gasteiger partial charge in [0.25, 0.3) is 5.56 Å². The molecule has 0 unspecified atom stereocenters. The van der Waals surface area contributed by atoms with E-state index >= 15 is 0 Å². The number of hydrogen-bond acceptors (Lipinski definition) is 3. The van der Waals surface area contributed by atoms with Crippen LogP contribution in [0.4, 0.5) is 5.69 Å². The molecule has 0 atom stereocenters. The molecule has 0 saturated heterocycles. The predicted molar refractivity (Wildman–Crippen MR) is 41.3 cm³/mol. The van der Waals surface area contributed by atoms with Gasteiger partial charge in [0, 0.05) is 0 Å². The number of nitrogens with one attached hydrogen (secondary N) is 1. The number of nitrogen functional groups attached to an aromatic ring is 1. The van der Waals surface area contributed by atoms with Crippen molar-refractivity contribution in [2.24, 2.45) is 0 Å². The molecule has 0 fully saturated rings. The van der Waals surface area contributed by atoms with Gasteiger partial charge in [-0.15, -0.1) is 0 Å². The van der Waals surface area contributed by atoms with E-state index in [0.717, 1.165) is 0 Å². The largest absolute Gasteiger partial charge is 0.394 e. The summed E-state index contributed by atoms with van der Waals surface area (Å²) in [5.41, 5.74) is 5.98. The van der Waals surface area contributed by atoms with Gasteiger partial charge in [0.05, 0.1) is 18.8 Å². The first-order valence-corrected chi connectivity index (χ1v) is 3.32. The molecular formula is C6H11N3O2. The minimum Gasteiger partial charge on any atom is -0.394 e. The topological polar surface area (TPSA) is 84.0 Å². The highest BCUT2D eigenvalue weighted by Gasteiger charge is 2.05. The molecule has 1 heterocycles. The number of aromatic amines is 1. The lowest BCUT2D eigenvalue weighted by atomic mass is 10.4. The second-order valence-corrected chi connectivity index (χ2v) is 2.33. The van der Waals surface area contributed by atoms with Crippen LogP contribution in [0.15, 0.2) is 4.79 Å². The van der Waals surface area contributed by atoms with Crippen LogP contribution in [0.3, 0.4) is 0 Å². The van der Waals surface area contributed by atoms with Gasteiger partial charge < -0.3 is 10.8 Å². The zero-order valence-electron chi connectivity index (χ0n) is 6.29. The van der Waals surface area contributed by atoms with Crippen LogP contribution in [0, 0.1) is 6.92 Å². The Bertz CT molecular complexity index is 299. The Morgan fingerprint density at radius 2 is 2.36 bits per heavy atom. The van der Waals surface area contributed by atoms with Crippen LogP contribution < -0.4 is 11.3 Å². The molecule has 0 aliphatic rings. The maximum atomic E-state index is 11.1. The summed E-state index contributed by atoms with van der Waals surface area (Å²) in [6.07, 6.45) is 0. The zero-order valence-corrected chi connectivity index (χ0v) is 6.29. The highest BCUT2D eigenvalue weighted by atomic mass is 16.3. The standard InChI is InChI=1S/C6H11N3O2/c1-4-5(7)6(11)9(8-4)2-3-10/h8,10H,2-3,7H2,1H3. The van der Waals surface area contributed by atoms with Crippen molar-refractivity contribution in [3.63, 3.8) is 0 Å². The third-order valence-electron chi connectivity index (χ3n) is 1.51. The maximum Gasteiger partial charge on any atom is 0.289 e. The van der Waals surface area contributed by atoms with Crippen LogP contribution in [0.1, 0.15) is 5.69 Å². The van der Waals surface area contributed by atoms with Crippen LogP contribution in [0.2, 0.25) is 0 Å². The lowest BCUT2D eigenvalue weighted by Gasteiger charge is -1.94. The number of aryl methyl sites for hydroxylation is 1. The molecule has 0 saturated carbocycles. The van der Waals surface area contributed by atoms with E-state index in [4.69, 9.17) is 10.8 Å². The minimum absolute atomic E-state index is 0.0701. The highest BCUT2D eigenvalue weighted by molar-refractivity contribution is 5.39. The van der Waals surface area contributed by atoms with Gasteiger partial charge in [0.1, 0.15) is 5.69 Å². The van der Waals surface area contributed by atoms with Crippen LogP contribution >= 0.6 is 0 Å². The SMILES string of the molecule is Cc1[nH]n(CCO)c(=O)c1N. The number of nitrogens with two attached hydrogens (primary N) is 1. The Labute approximate surface area is 63.4 Å². The monoisotopic (exact) mass is 157 g/mol. The quantitative estimate of drug-likeness (QED) is 0.518. The fraction of sp³-hybridized carbons (Fsp3) is 0.500. The van der Waals surface area contributed by atoms with Crippen molar-refractivity contribution in [3.8, 4) is 0 Å². The van der Waals surface area contributed by atoms with Crippen molar-refractivity contribution in [2.45, 2.75) is 13.5 Å². The van der Waals surface area contributed by atoms with E-state index in [0.29, 0.717) is 5.69 Å². The Morgan fingerprint density at radius 1 is 1.73 bits per heavy atom. The van der Waals surface area contributed by atoms with E-state index < -0.39 is 0 Å². The number of H-pyrrole nitrogens is 1. The lowest BCUT2D eigenvalue weighted by molar-refractivity contribution is 0.267. The molecule has 0 aliphatic carbocycles. The smallest absolute Gasteiger partial charge is 0.289 e. The summed E-state index contributed by atoms with van der Waals surface area (Å²) in [5.74, 6) is 0. The van der Waals surface area contributed by atoms with E-state index in [1.54, 1.807) is 6.92 Å². The van der Waals surface area contributed by atoms with Crippen molar-refractivity contribution >= 4 is 5.69 Å². The number of anilines is 1. The van der Waals surface area contributed by atoms with E-state index in [1.807, 2.05) is 0 Å². The van der Waals surface area contributed by atoms with Crippen LogP contribution in [0.25, 0.3) is 0 Å². The van der Waals surface area contributed by atoms with Crippen LogP contribution in [-0.4, -0.2) is 21.5 Å². The van der Waals surface area contributed by atoms with E-state index in [2.05, 4.69) is 5.10 Å². The molecule has 0 aliphatic heterocycles. The van der Waals surface area contributed by atoms with Gasteiger partial charge in [-0.2, -0.15) is 0 Å². The highest BCUT2D eigenvalue weighted by Crippen LogP contribution is 1.98. The maximum absolute atomic E-state index is 11.1. The third-order valence-corrected chi connectivity index (χ3v) is 1.51. The summed E-state index contributed by atoms with van der Waals surface area (Å²) in [6, 6.07) is 0. The van der Waals surface area contributed by atoms with E-state index in [-0.39, 0.29) is 24.4 Å².